The van der Waals surface area contributed by atoms with Crippen molar-refractivity contribution < 1.29 is 5.11 Å². The van der Waals surface area contributed by atoms with Gasteiger partial charge >= 0.3 is 0 Å². The zero-order valence-corrected chi connectivity index (χ0v) is 8.89. The van der Waals surface area contributed by atoms with Gasteiger partial charge in [-0.2, -0.15) is 0 Å². The molecule has 0 aromatic rings. The number of rotatable bonds is 3. The van der Waals surface area contributed by atoms with Gasteiger partial charge in [-0.3, -0.25) is 0 Å². The highest BCUT2D eigenvalue weighted by atomic mass is 32.1. The van der Waals surface area contributed by atoms with Crippen LogP contribution in [0.4, 0.5) is 0 Å². The van der Waals surface area contributed by atoms with E-state index < -0.39 is 0 Å². The van der Waals surface area contributed by atoms with Crippen LogP contribution in [0, 0.1) is 5.92 Å². The molecule has 1 heterocycles. The molecule has 0 amide bonds. The molecule has 0 saturated carbocycles. The Morgan fingerprint density at radius 3 is 2.62 bits per heavy atom. The van der Waals surface area contributed by atoms with Crippen molar-refractivity contribution in [2.24, 2.45) is 11.7 Å². The highest BCUT2D eigenvalue weighted by Gasteiger charge is 2.18. The molecule has 4 heteroatoms. The van der Waals surface area contributed by atoms with Gasteiger partial charge in [0.05, 0.1) is 11.1 Å². The average molecular weight is 202 g/mol. The lowest BCUT2D eigenvalue weighted by molar-refractivity contribution is 0.0798. The van der Waals surface area contributed by atoms with Crippen LogP contribution in [0.25, 0.3) is 0 Å². The van der Waals surface area contributed by atoms with Crippen molar-refractivity contribution in [2.45, 2.75) is 25.9 Å². The summed E-state index contributed by atoms with van der Waals surface area (Å²) in [5.74, 6) is 0.283. The molecule has 0 radical (unpaired) electrons. The van der Waals surface area contributed by atoms with E-state index >= 15 is 0 Å². The molecule has 1 rings (SSSR count). The second-order valence-electron chi connectivity index (χ2n) is 3.84. The molecule has 0 aromatic carbocycles. The van der Waals surface area contributed by atoms with Gasteiger partial charge in [0.1, 0.15) is 0 Å². The van der Waals surface area contributed by atoms with Crippen molar-refractivity contribution in [3.05, 3.63) is 0 Å². The van der Waals surface area contributed by atoms with Gasteiger partial charge in [0.15, 0.2) is 0 Å². The minimum atomic E-state index is -0.101. The first-order valence-corrected chi connectivity index (χ1v) is 5.20. The molecular weight excluding hydrogens is 184 g/mol. The summed E-state index contributed by atoms with van der Waals surface area (Å²) in [6.07, 6.45) is 1.66. The van der Waals surface area contributed by atoms with Crippen LogP contribution in [0.5, 0.6) is 0 Å². The number of nitrogens with two attached hydrogens (primary N) is 1. The van der Waals surface area contributed by atoms with E-state index in [2.05, 4.69) is 4.90 Å². The van der Waals surface area contributed by atoms with Gasteiger partial charge in [0, 0.05) is 25.6 Å². The number of thiocarbonyl (C=S) groups is 1. The van der Waals surface area contributed by atoms with E-state index in [4.69, 9.17) is 18.0 Å². The van der Waals surface area contributed by atoms with Gasteiger partial charge in [-0.1, -0.05) is 19.1 Å². The third-order valence-electron chi connectivity index (χ3n) is 2.57. The fraction of sp³-hybridized carbons (Fsp3) is 0.889. The second-order valence-corrected chi connectivity index (χ2v) is 4.31. The Kier molecular flexibility index (Phi) is 4.09. The zero-order valence-electron chi connectivity index (χ0n) is 8.07. The molecule has 3 nitrogen and oxygen atoms in total. The van der Waals surface area contributed by atoms with E-state index in [1.807, 2.05) is 6.92 Å². The molecule has 0 spiro atoms. The maximum Gasteiger partial charge on any atom is 0.0768 e. The van der Waals surface area contributed by atoms with E-state index in [-0.39, 0.29) is 12.0 Å². The largest absolute Gasteiger partial charge is 0.393 e. The summed E-state index contributed by atoms with van der Waals surface area (Å²) in [5, 5.41) is 9.29. The normalized spacial score (nSPS) is 22.9. The first-order chi connectivity index (χ1) is 6.09. The first-order valence-electron chi connectivity index (χ1n) is 4.79. The third-order valence-corrected chi connectivity index (χ3v) is 2.98. The van der Waals surface area contributed by atoms with E-state index in [9.17, 15) is 5.11 Å². The standard InChI is InChI=1S/C9H18N2OS/c1-7(9(10)13)6-11-4-2-8(12)3-5-11/h7-8,12H,2-6H2,1H3,(H2,10,13). The smallest absolute Gasteiger partial charge is 0.0768 e. The number of piperidine rings is 1. The molecule has 0 aromatic heterocycles. The van der Waals surface area contributed by atoms with Crippen molar-refractivity contribution >= 4 is 17.2 Å². The minimum Gasteiger partial charge on any atom is -0.393 e. The minimum absolute atomic E-state index is 0.101. The van der Waals surface area contributed by atoms with Crippen LogP contribution in [0.3, 0.4) is 0 Å². The van der Waals surface area contributed by atoms with E-state index in [1.54, 1.807) is 0 Å². The molecule has 1 saturated heterocycles. The predicted octanol–water partition coefficient (Wildman–Crippen LogP) is 0.365. The average Bonchev–Trinajstić information content (AvgIpc) is 2.08. The second kappa shape index (κ2) is 4.88. The van der Waals surface area contributed by atoms with Crippen LogP contribution in [-0.4, -0.2) is 40.7 Å². The molecule has 1 aliphatic heterocycles. The van der Waals surface area contributed by atoms with Crippen LogP contribution in [-0.2, 0) is 0 Å². The lowest BCUT2D eigenvalue weighted by Gasteiger charge is -2.31. The summed E-state index contributed by atoms with van der Waals surface area (Å²) in [6.45, 7) is 4.91. The Morgan fingerprint density at radius 2 is 2.15 bits per heavy atom. The van der Waals surface area contributed by atoms with E-state index in [1.165, 1.54) is 0 Å². The molecule has 0 aliphatic carbocycles. The van der Waals surface area contributed by atoms with E-state index in [0.29, 0.717) is 4.99 Å². The fourth-order valence-electron chi connectivity index (χ4n) is 1.58. The molecule has 1 unspecified atom stereocenters. The van der Waals surface area contributed by atoms with Crippen LogP contribution >= 0.6 is 12.2 Å². The lowest BCUT2D eigenvalue weighted by Crippen LogP contribution is -2.40. The van der Waals surface area contributed by atoms with Crippen molar-refractivity contribution in [1.29, 1.82) is 0 Å². The predicted molar refractivity (Wildman–Crippen MR) is 57.6 cm³/mol. The summed E-state index contributed by atoms with van der Waals surface area (Å²) < 4.78 is 0. The SMILES string of the molecule is CC(CN1CCC(O)CC1)C(N)=S. The fourth-order valence-corrected chi connectivity index (χ4v) is 1.65. The Balaban J connectivity index is 2.26. The third kappa shape index (κ3) is 3.58. The summed E-state index contributed by atoms with van der Waals surface area (Å²) >= 11 is 4.91. The lowest BCUT2D eigenvalue weighted by atomic mass is 10.1. The summed E-state index contributed by atoms with van der Waals surface area (Å²) in [7, 11) is 0. The van der Waals surface area contributed by atoms with Crippen molar-refractivity contribution in [3.8, 4) is 0 Å². The molecule has 1 atom stereocenters. The van der Waals surface area contributed by atoms with Crippen LogP contribution in [0.2, 0.25) is 0 Å². The monoisotopic (exact) mass is 202 g/mol. The van der Waals surface area contributed by atoms with E-state index in [0.717, 1.165) is 32.5 Å². The number of hydrogen-bond donors (Lipinski definition) is 2. The van der Waals surface area contributed by atoms with Gasteiger partial charge in [0.2, 0.25) is 0 Å². The summed E-state index contributed by atoms with van der Waals surface area (Å²) in [6, 6.07) is 0. The maximum atomic E-state index is 9.29. The first kappa shape index (κ1) is 10.9. The molecular formula is C9H18N2OS. The van der Waals surface area contributed by atoms with Crippen molar-refractivity contribution in [1.82, 2.24) is 4.90 Å². The number of nitrogens with zero attached hydrogens (tertiary/aromatic N) is 1. The Labute approximate surface area is 84.9 Å². The molecule has 13 heavy (non-hydrogen) atoms. The Bertz CT molecular complexity index is 178. The van der Waals surface area contributed by atoms with Crippen molar-refractivity contribution in [2.75, 3.05) is 19.6 Å². The van der Waals surface area contributed by atoms with Gasteiger partial charge in [-0.25, -0.2) is 0 Å². The van der Waals surface area contributed by atoms with Gasteiger partial charge in [-0.15, -0.1) is 0 Å². The molecule has 3 N–H and O–H groups in total. The maximum absolute atomic E-state index is 9.29. The summed E-state index contributed by atoms with van der Waals surface area (Å²) in [4.78, 5) is 2.91. The van der Waals surface area contributed by atoms with Gasteiger partial charge in [0.25, 0.3) is 0 Å². The zero-order chi connectivity index (χ0) is 9.84. The van der Waals surface area contributed by atoms with Crippen LogP contribution < -0.4 is 5.73 Å². The van der Waals surface area contributed by atoms with Crippen LogP contribution in [0.1, 0.15) is 19.8 Å². The molecule has 0 bridgehead atoms. The topological polar surface area (TPSA) is 49.5 Å². The quantitative estimate of drug-likeness (QED) is 0.649. The Morgan fingerprint density at radius 1 is 1.62 bits per heavy atom. The Hall–Kier alpha value is -0.190. The van der Waals surface area contributed by atoms with Gasteiger partial charge < -0.3 is 15.7 Å². The summed E-state index contributed by atoms with van der Waals surface area (Å²) in [5.41, 5.74) is 5.54. The van der Waals surface area contributed by atoms with Gasteiger partial charge in [-0.05, 0) is 12.8 Å². The highest BCUT2D eigenvalue weighted by molar-refractivity contribution is 7.80. The van der Waals surface area contributed by atoms with Crippen LogP contribution in [0.15, 0.2) is 0 Å². The molecule has 1 aliphatic rings. The highest BCUT2D eigenvalue weighted by Crippen LogP contribution is 2.11. The number of aliphatic hydroxyl groups is 1. The number of aliphatic hydroxyl groups excluding tert-OH is 1. The number of likely N-dealkylation sites (tertiary alicyclic amines) is 1. The van der Waals surface area contributed by atoms with Crippen molar-refractivity contribution in [3.63, 3.8) is 0 Å². The molecule has 76 valence electrons. The molecule has 1 fully saturated rings. The number of hydrogen-bond acceptors (Lipinski definition) is 3.